The second-order valence-electron chi connectivity index (χ2n) is 9.56. The highest BCUT2D eigenvalue weighted by Gasteiger charge is 2.29. The zero-order valence-corrected chi connectivity index (χ0v) is 23.1. The van der Waals surface area contributed by atoms with Gasteiger partial charge in [0.1, 0.15) is 18.1 Å². The molecule has 0 aliphatic heterocycles. The number of unbranched alkanes of at least 4 members (excludes halogenated alkanes) is 4. The molecule has 222 valence electrons. The Morgan fingerprint density at radius 2 is 0.789 bits per heavy atom. The molecular formula is C25H53N9O4. The van der Waals surface area contributed by atoms with Crippen molar-refractivity contribution < 1.29 is 19.2 Å². The van der Waals surface area contributed by atoms with E-state index in [0.29, 0.717) is 90.4 Å². The van der Waals surface area contributed by atoms with Gasteiger partial charge < -0.3 is 49.9 Å². The van der Waals surface area contributed by atoms with Gasteiger partial charge in [0.2, 0.25) is 23.6 Å². The van der Waals surface area contributed by atoms with Crippen LogP contribution < -0.4 is 49.9 Å². The number of hydrogen-bond donors (Lipinski definition) is 9. The van der Waals surface area contributed by atoms with Crippen molar-refractivity contribution in [2.75, 3.05) is 33.2 Å². The number of likely N-dealkylation sites (N-methyl/N-ethyl adjacent to an activating group) is 1. The highest BCUT2D eigenvalue weighted by atomic mass is 16.2. The monoisotopic (exact) mass is 543 g/mol. The van der Waals surface area contributed by atoms with Gasteiger partial charge in [-0.15, -0.1) is 0 Å². The van der Waals surface area contributed by atoms with Crippen LogP contribution in [-0.2, 0) is 19.2 Å². The molecule has 4 unspecified atom stereocenters. The summed E-state index contributed by atoms with van der Waals surface area (Å²) in [4.78, 5) is 51.3. The summed E-state index contributed by atoms with van der Waals surface area (Å²) in [6.07, 6.45) is 7.10. The number of nitrogens with one attached hydrogen (secondary N) is 4. The summed E-state index contributed by atoms with van der Waals surface area (Å²) in [5, 5.41) is 11.3. The normalized spacial score (nSPS) is 14.2. The molecule has 0 aromatic carbocycles. The largest absolute Gasteiger partial charge is 0.368 e. The maximum atomic E-state index is 13.3. The van der Waals surface area contributed by atoms with Crippen LogP contribution >= 0.6 is 0 Å². The van der Waals surface area contributed by atoms with Gasteiger partial charge in [-0.05, 0) is 104 Å². The first-order valence-corrected chi connectivity index (χ1v) is 13.9. The maximum Gasteiger partial charge on any atom is 0.243 e. The van der Waals surface area contributed by atoms with Crippen LogP contribution in [0.25, 0.3) is 0 Å². The Morgan fingerprint density at radius 1 is 0.500 bits per heavy atom. The number of nitrogens with two attached hydrogens (primary N) is 5. The van der Waals surface area contributed by atoms with Gasteiger partial charge in [-0.2, -0.15) is 0 Å². The lowest BCUT2D eigenvalue weighted by Crippen LogP contribution is -2.57. The van der Waals surface area contributed by atoms with Crippen LogP contribution in [0.4, 0.5) is 0 Å². The van der Waals surface area contributed by atoms with E-state index in [-0.39, 0.29) is 5.91 Å². The molecule has 0 aromatic heterocycles. The molecule has 0 saturated heterocycles. The number of hydrogen-bond acceptors (Lipinski definition) is 9. The molecule has 0 bridgehead atoms. The summed E-state index contributed by atoms with van der Waals surface area (Å²) >= 11 is 0. The molecular weight excluding hydrogens is 490 g/mol. The summed E-state index contributed by atoms with van der Waals surface area (Å²) < 4.78 is 0. The minimum atomic E-state index is -0.913. The molecule has 38 heavy (non-hydrogen) atoms. The van der Waals surface area contributed by atoms with Crippen LogP contribution in [0.15, 0.2) is 0 Å². The van der Waals surface area contributed by atoms with Crippen molar-refractivity contribution in [2.45, 2.75) is 101 Å². The number of carbonyl (C=O) groups is 4. The highest BCUT2D eigenvalue weighted by molar-refractivity contribution is 5.94. The fraction of sp³-hybridized carbons (Fsp3) is 0.840. The first kappa shape index (κ1) is 35.7. The van der Waals surface area contributed by atoms with Gasteiger partial charge in [0.05, 0.1) is 6.04 Å². The van der Waals surface area contributed by atoms with Crippen molar-refractivity contribution in [3.63, 3.8) is 0 Å². The highest BCUT2D eigenvalue weighted by Crippen LogP contribution is 2.08. The number of amides is 4. The number of primary amides is 1. The SMILES string of the molecule is CNC(CCCCN)C(=O)NC(CCCCN)C(=O)NC(CCCCN)C(=O)NC(CCCCN)C(N)=O. The fourth-order valence-corrected chi connectivity index (χ4v) is 4.02. The molecule has 0 radical (unpaired) electrons. The lowest BCUT2D eigenvalue weighted by Gasteiger charge is -2.26. The molecule has 0 aliphatic rings. The Balaban J connectivity index is 5.53. The summed E-state index contributed by atoms with van der Waals surface area (Å²) in [6.45, 7) is 1.91. The Bertz CT molecular complexity index is 681. The molecule has 14 N–H and O–H groups in total. The van der Waals surface area contributed by atoms with Crippen LogP contribution in [0.1, 0.15) is 77.0 Å². The number of carbonyl (C=O) groups excluding carboxylic acids is 4. The van der Waals surface area contributed by atoms with E-state index >= 15 is 0 Å². The van der Waals surface area contributed by atoms with Crippen LogP contribution in [0.5, 0.6) is 0 Å². The van der Waals surface area contributed by atoms with Crippen molar-refractivity contribution in [3.05, 3.63) is 0 Å². The van der Waals surface area contributed by atoms with E-state index in [1.165, 1.54) is 0 Å². The van der Waals surface area contributed by atoms with Crippen molar-refractivity contribution >= 4 is 23.6 Å². The molecule has 4 amide bonds. The van der Waals surface area contributed by atoms with Crippen LogP contribution in [0.2, 0.25) is 0 Å². The minimum Gasteiger partial charge on any atom is -0.368 e. The molecule has 0 saturated carbocycles. The molecule has 13 nitrogen and oxygen atoms in total. The standard InChI is InChI=1S/C25H53N9O4/c1-31-19(11-3-7-15-27)23(36)33-21(13-5-9-17-29)25(38)34-20(12-4-8-16-28)24(37)32-18(22(30)35)10-2-6-14-26/h18-21,31H,2-17,26-29H2,1H3,(H2,30,35)(H,32,37)(H,33,36)(H,34,38). The number of rotatable bonds is 24. The summed E-state index contributed by atoms with van der Waals surface area (Å²) in [5.41, 5.74) is 27.8. The van der Waals surface area contributed by atoms with Crippen molar-refractivity contribution in [2.24, 2.45) is 28.7 Å². The average Bonchev–Trinajstić information content (AvgIpc) is 2.89. The summed E-state index contributed by atoms with van der Waals surface area (Å²) in [5.74, 6) is -1.93. The third-order valence-corrected chi connectivity index (χ3v) is 6.38. The van der Waals surface area contributed by atoms with Gasteiger partial charge in [0, 0.05) is 0 Å². The van der Waals surface area contributed by atoms with Crippen molar-refractivity contribution in [1.29, 1.82) is 0 Å². The van der Waals surface area contributed by atoms with Crippen LogP contribution in [0.3, 0.4) is 0 Å². The third kappa shape index (κ3) is 15.8. The van der Waals surface area contributed by atoms with Gasteiger partial charge in [0.25, 0.3) is 0 Å². The minimum absolute atomic E-state index is 0.296. The second kappa shape index (κ2) is 22.6. The van der Waals surface area contributed by atoms with E-state index in [9.17, 15) is 19.2 Å². The quantitative estimate of drug-likeness (QED) is 0.0612. The zero-order chi connectivity index (χ0) is 28.8. The molecule has 0 aliphatic carbocycles. The summed E-state index contributed by atoms with van der Waals surface area (Å²) in [7, 11) is 1.69. The Kier molecular flexibility index (Phi) is 21.3. The molecule has 4 atom stereocenters. The van der Waals surface area contributed by atoms with Crippen molar-refractivity contribution in [1.82, 2.24) is 21.3 Å². The van der Waals surface area contributed by atoms with Gasteiger partial charge in [0.15, 0.2) is 0 Å². The lowest BCUT2D eigenvalue weighted by molar-refractivity contribution is -0.134. The predicted molar refractivity (Wildman–Crippen MR) is 149 cm³/mol. The average molecular weight is 544 g/mol. The van der Waals surface area contributed by atoms with Gasteiger partial charge in [-0.1, -0.05) is 6.42 Å². The molecule has 0 spiro atoms. The van der Waals surface area contributed by atoms with E-state index in [0.717, 1.165) is 12.8 Å². The lowest BCUT2D eigenvalue weighted by atomic mass is 10.0. The smallest absolute Gasteiger partial charge is 0.243 e. The first-order chi connectivity index (χ1) is 18.2. The van der Waals surface area contributed by atoms with Crippen molar-refractivity contribution in [3.8, 4) is 0 Å². The molecule has 0 aromatic rings. The summed E-state index contributed by atoms with van der Waals surface area (Å²) in [6, 6.07) is -3.10. The predicted octanol–water partition coefficient (Wildman–Crippen LogP) is -1.97. The first-order valence-electron chi connectivity index (χ1n) is 13.9. The Morgan fingerprint density at radius 3 is 1.11 bits per heavy atom. The van der Waals surface area contributed by atoms with E-state index in [2.05, 4.69) is 21.3 Å². The molecule has 0 rings (SSSR count). The van der Waals surface area contributed by atoms with Crippen LogP contribution in [-0.4, -0.2) is 81.0 Å². The van der Waals surface area contributed by atoms with Gasteiger partial charge in [-0.25, -0.2) is 0 Å². The van der Waals surface area contributed by atoms with E-state index in [4.69, 9.17) is 28.7 Å². The zero-order valence-electron chi connectivity index (χ0n) is 23.1. The Hall–Kier alpha value is -2.32. The maximum absolute atomic E-state index is 13.3. The molecule has 13 heteroatoms. The third-order valence-electron chi connectivity index (χ3n) is 6.38. The Labute approximate surface area is 227 Å². The van der Waals surface area contributed by atoms with Gasteiger partial charge >= 0.3 is 0 Å². The molecule has 0 heterocycles. The van der Waals surface area contributed by atoms with E-state index in [1.54, 1.807) is 7.05 Å². The second-order valence-corrected chi connectivity index (χ2v) is 9.56. The van der Waals surface area contributed by atoms with E-state index < -0.39 is 41.9 Å². The van der Waals surface area contributed by atoms with Gasteiger partial charge in [-0.3, -0.25) is 19.2 Å². The fourth-order valence-electron chi connectivity index (χ4n) is 4.02. The molecule has 0 fully saturated rings. The van der Waals surface area contributed by atoms with Crippen LogP contribution in [0, 0.1) is 0 Å². The van der Waals surface area contributed by atoms with E-state index in [1.807, 2.05) is 0 Å². The topological polar surface area (TPSA) is 246 Å².